The number of morpholine rings is 1. The van der Waals surface area contributed by atoms with E-state index in [1.165, 1.54) is 11.3 Å². The van der Waals surface area contributed by atoms with Crippen molar-refractivity contribution >= 4 is 28.1 Å². The summed E-state index contributed by atoms with van der Waals surface area (Å²) < 4.78 is 5.40. The largest absolute Gasteiger partial charge is 0.378 e. The number of carbonyl (C=O) groups excluding carboxylic acids is 1. The summed E-state index contributed by atoms with van der Waals surface area (Å²) in [5.74, 6) is -0.348. The number of amides is 1. The molecule has 0 spiro atoms. The Hall–Kier alpha value is -2.22. The molecule has 1 saturated heterocycles. The molecule has 1 fully saturated rings. The van der Waals surface area contributed by atoms with Crippen molar-refractivity contribution in [2.45, 2.75) is 12.5 Å². The van der Waals surface area contributed by atoms with Crippen molar-refractivity contribution in [2.75, 3.05) is 42.6 Å². The van der Waals surface area contributed by atoms with Crippen LogP contribution in [0.15, 0.2) is 36.9 Å². The van der Waals surface area contributed by atoms with E-state index >= 15 is 0 Å². The van der Waals surface area contributed by atoms with E-state index in [1.807, 2.05) is 31.2 Å². The quantitative estimate of drug-likeness (QED) is 0.834. The number of hydrogen-bond donors (Lipinski definition) is 1. The van der Waals surface area contributed by atoms with E-state index in [0.29, 0.717) is 35.9 Å². The van der Waals surface area contributed by atoms with Gasteiger partial charge in [0.1, 0.15) is 0 Å². The van der Waals surface area contributed by atoms with Crippen LogP contribution in [0.3, 0.4) is 0 Å². The molecule has 2 aliphatic heterocycles. The Labute approximate surface area is 156 Å². The number of nitrogens with zero attached hydrogens (tertiary/aromatic N) is 3. The molecule has 0 unspecified atom stereocenters. The van der Waals surface area contributed by atoms with Gasteiger partial charge in [-0.2, -0.15) is 0 Å². The van der Waals surface area contributed by atoms with Gasteiger partial charge in [-0.15, -0.1) is 6.58 Å². The third kappa shape index (κ3) is 2.46. The third-order valence-corrected chi connectivity index (χ3v) is 6.17. The normalized spacial score (nSPS) is 22.6. The highest BCUT2D eigenvalue weighted by Gasteiger charge is 2.52. The van der Waals surface area contributed by atoms with Crippen molar-refractivity contribution < 1.29 is 14.6 Å². The summed E-state index contributed by atoms with van der Waals surface area (Å²) in [5.41, 5.74) is 0.307. The van der Waals surface area contributed by atoms with E-state index in [4.69, 9.17) is 4.74 Å². The zero-order valence-corrected chi connectivity index (χ0v) is 15.5. The molecule has 1 amide bonds. The smallest absolute Gasteiger partial charge is 0.269 e. The zero-order valence-electron chi connectivity index (χ0n) is 14.6. The summed E-state index contributed by atoms with van der Waals surface area (Å²) in [6, 6.07) is 7.37. The lowest BCUT2D eigenvalue weighted by Crippen LogP contribution is -2.41. The second kappa shape index (κ2) is 6.50. The molecule has 1 aromatic heterocycles. The number of fused-ring (bicyclic) bond motifs is 1. The summed E-state index contributed by atoms with van der Waals surface area (Å²) in [4.78, 5) is 22.1. The zero-order chi connectivity index (χ0) is 18.3. The Bertz CT molecular complexity index is 859. The van der Waals surface area contributed by atoms with Crippen LogP contribution in [0.25, 0.3) is 0 Å². The number of anilines is 2. The number of thiazole rings is 1. The minimum atomic E-state index is -1.70. The maximum absolute atomic E-state index is 13.2. The monoisotopic (exact) mass is 371 g/mol. The molecule has 1 atom stereocenters. The van der Waals surface area contributed by atoms with E-state index in [-0.39, 0.29) is 5.91 Å². The average molecular weight is 371 g/mol. The summed E-state index contributed by atoms with van der Waals surface area (Å²) in [6.07, 6.45) is 1.67. The van der Waals surface area contributed by atoms with Gasteiger partial charge < -0.3 is 19.6 Å². The summed E-state index contributed by atoms with van der Waals surface area (Å²) in [7, 11) is 0. The first-order valence-electron chi connectivity index (χ1n) is 8.62. The van der Waals surface area contributed by atoms with Gasteiger partial charge in [0.15, 0.2) is 5.13 Å². The van der Waals surface area contributed by atoms with Crippen molar-refractivity contribution in [2.24, 2.45) is 0 Å². The number of benzene rings is 1. The highest BCUT2D eigenvalue weighted by molar-refractivity contribution is 7.16. The van der Waals surface area contributed by atoms with Crippen molar-refractivity contribution in [3.63, 3.8) is 0 Å². The minimum absolute atomic E-state index is 0.348. The first kappa shape index (κ1) is 17.2. The Balaban J connectivity index is 1.80. The Morgan fingerprint density at radius 1 is 1.38 bits per heavy atom. The number of rotatable bonds is 4. The fourth-order valence-corrected chi connectivity index (χ4v) is 4.79. The third-order valence-electron chi connectivity index (χ3n) is 4.85. The number of aryl methyl sites for hydroxylation is 1. The van der Waals surface area contributed by atoms with Gasteiger partial charge in [-0.3, -0.25) is 4.79 Å². The van der Waals surface area contributed by atoms with Gasteiger partial charge in [-0.25, -0.2) is 4.98 Å². The van der Waals surface area contributed by atoms with Crippen molar-refractivity contribution in [1.29, 1.82) is 0 Å². The van der Waals surface area contributed by atoms with Crippen LogP contribution in [0.1, 0.15) is 16.1 Å². The number of aromatic nitrogens is 1. The van der Waals surface area contributed by atoms with Crippen molar-refractivity contribution in [3.05, 3.63) is 53.1 Å². The first-order chi connectivity index (χ1) is 12.6. The molecule has 2 aromatic rings. The SMILES string of the molecule is C=CCN1C(=O)[C@@](O)(c2sc(N3CCOCC3)nc2C)c2ccccc21. The van der Waals surface area contributed by atoms with Gasteiger partial charge in [0.25, 0.3) is 5.91 Å². The van der Waals surface area contributed by atoms with Gasteiger partial charge in [-0.05, 0) is 13.0 Å². The van der Waals surface area contributed by atoms with Gasteiger partial charge in [0.05, 0.1) is 29.5 Å². The molecule has 4 rings (SSSR count). The molecule has 26 heavy (non-hydrogen) atoms. The van der Waals surface area contributed by atoms with Crippen LogP contribution < -0.4 is 9.80 Å². The highest BCUT2D eigenvalue weighted by atomic mass is 32.1. The highest BCUT2D eigenvalue weighted by Crippen LogP contribution is 2.48. The molecule has 0 saturated carbocycles. The molecule has 3 heterocycles. The molecule has 0 radical (unpaired) electrons. The maximum atomic E-state index is 13.2. The van der Waals surface area contributed by atoms with Gasteiger partial charge in [-0.1, -0.05) is 35.6 Å². The standard InChI is InChI=1S/C19H21N3O3S/c1-3-8-22-15-7-5-4-6-14(15)19(24,17(22)23)16-13(2)20-18(26-16)21-9-11-25-12-10-21/h3-7,24H,1,8-12H2,2H3/t19-/m0/s1. The second-order valence-corrected chi connectivity index (χ2v) is 7.42. The predicted molar refractivity (Wildman–Crippen MR) is 102 cm³/mol. The molecule has 0 aliphatic carbocycles. The van der Waals surface area contributed by atoms with E-state index < -0.39 is 5.60 Å². The number of hydrogen-bond acceptors (Lipinski definition) is 6. The van der Waals surface area contributed by atoms with E-state index in [2.05, 4.69) is 16.5 Å². The Morgan fingerprint density at radius 3 is 2.85 bits per heavy atom. The lowest BCUT2D eigenvalue weighted by Gasteiger charge is -2.26. The molecule has 1 aromatic carbocycles. The number of aliphatic hydroxyl groups is 1. The van der Waals surface area contributed by atoms with Gasteiger partial charge >= 0.3 is 0 Å². The van der Waals surface area contributed by atoms with E-state index in [9.17, 15) is 9.90 Å². The molecule has 136 valence electrons. The summed E-state index contributed by atoms with van der Waals surface area (Å²) in [6.45, 7) is 8.77. The minimum Gasteiger partial charge on any atom is -0.378 e. The maximum Gasteiger partial charge on any atom is 0.269 e. The number of carbonyl (C=O) groups is 1. The van der Waals surface area contributed by atoms with Crippen molar-refractivity contribution in [1.82, 2.24) is 4.98 Å². The summed E-state index contributed by atoms with van der Waals surface area (Å²) >= 11 is 1.39. The van der Waals surface area contributed by atoms with Crippen LogP contribution in [-0.4, -0.2) is 48.8 Å². The fourth-order valence-electron chi connectivity index (χ4n) is 3.57. The van der Waals surface area contributed by atoms with Crippen LogP contribution >= 0.6 is 11.3 Å². The van der Waals surface area contributed by atoms with Crippen LogP contribution in [0.2, 0.25) is 0 Å². The Morgan fingerprint density at radius 2 is 2.12 bits per heavy atom. The summed E-state index contributed by atoms with van der Waals surface area (Å²) in [5, 5.41) is 12.4. The van der Waals surface area contributed by atoms with E-state index in [0.717, 1.165) is 23.9 Å². The van der Waals surface area contributed by atoms with Gasteiger partial charge in [0, 0.05) is 25.2 Å². The second-order valence-electron chi connectivity index (χ2n) is 6.44. The fraction of sp³-hybridized carbons (Fsp3) is 0.368. The molecular formula is C19H21N3O3S. The molecule has 7 heteroatoms. The van der Waals surface area contributed by atoms with Gasteiger partial charge in [0.2, 0.25) is 5.60 Å². The topological polar surface area (TPSA) is 65.9 Å². The first-order valence-corrected chi connectivity index (χ1v) is 9.44. The number of para-hydroxylation sites is 1. The molecule has 0 bridgehead atoms. The molecule has 1 N–H and O–H groups in total. The molecular weight excluding hydrogens is 350 g/mol. The van der Waals surface area contributed by atoms with E-state index in [1.54, 1.807) is 11.0 Å². The molecule has 6 nitrogen and oxygen atoms in total. The molecule has 2 aliphatic rings. The average Bonchev–Trinajstić information content (AvgIpc) is 3.16. The van der Waals surface area contributed by atoms with Crippen LogP contribution in [-0.2, 0) is 15.1 Å². The predicted octanol–water partition coefficient (Wildman–Crippen LogP) is 2.06. The number of ether oxygens (including phenoxy) is 1. The van der Waals surface area contributed by atoms with Crippen molar-refractivity contribution in [3.8, 4) is 0 Å². The Kier molecular flexibility index (Phi) is 4.30. The lowest BCUT2D eigenvalue weighted by atomic mass is 9.93. The van der Waals surface area contributed by atoms with Crippen LogP contribution in [0, 0.1) is 6.92 Å². The lowest BCUT2D eigenvalue weighted by molar-refractivity contribution is -0.131. The van der Waals surface area contributed by atoms with Crippen LogP contribution in [0.5, 0.6) is 0 Å². The van der Waals surface area contributed by atoms with Crippen LogP contribution in [0.4, 0.5) is 10.8 Å².